The first-order chi connectivity index (χ1) is 16.4. The summed E-state index contributed by atoms with van der Waals surface area (Å²) in [5.74, 6) is -1.76. The normalized spacial score (nSPS) is 11.9. The predicted octanol–water partition coefficient (Wildman–Crippen LogP) is 2.38. The molecule has 0 fully saturated rings. The molecule has 0 aliphatic carbocycles. The summed E-state index contributed by atoms with van der Waals surface area (Å²) in [7, 11) is 1.21. The lowest BCUT2D eigenvalue weighted by Gasteiger charge is -2.22. The quantitative estimate of drug-likeness (QED) is 0.361. The van der Waals surface area contributed by atoms with Gasteiger partial charge in [-0.15, -0.1) is 0 Å². The van der Waals surface area contributed by atoms with Crippen molar-refractivity contribution in [3.05, 3.63) is 76.8 Å². The van der Waals surface area contributed by atoms with Crippen LogP contribution in [0.1, 0.15) is 24.0 Å². The van der Waals surface area contributed by atoms with E-state index in [0.717, 1.165) is 11.1 Å². The van der Waals surface area contributed by atoms with Crippen LogP contribution in [0.4, 0.5) is 4.79 Å². The van der Waals surface area contributed by atoms with E-state index in [2.05, 4.69) is 15.6 Å². The van der Waals surface area contributed by atoms with Gasteiger partial charge in [0, 0.05) is 12.8 Å². The second-order valence-electron chi connectivity index (χ2n) is 7.41. The fourth-order valence-corrected chi connectivity index (χ4v) is 3.10. The molecule has 2 rings (SSSR count). The smallest absolute Gasteiger partial charge is 0.408 e. The monoisotopic (exact) mass is 467 g/mol. The van der Waals surface area contributed by atoms with Crippen LogP contribution >= 0.6 is 0 Å². The van der Waals surface area contributed by atoms with Gasteiger partial charge in [0.15, 0.2) is 0 Å². The number of nitrogens with one attached hydrogen (secondary N) is 2. The highest BCUT2D eigenvalue weighted by Crippen LogP contribution is 2.08. The van der Waals surface area contributed by atoms with Crippen molar-refractivity contribution in [2.45, 2.75) is 38.0 Å². The molecule has 0 saturated carbocycles. The number of hydrogen-bond acceptors (Lipinski definition) is 7. The van der Waals surface area contributed by atoms with E-state index >= 15 is 0 Å². The number of ketones is 1. The number of rotatable bonds is 12. The zero-order chi connectivity index (χ0) is 24.8. The van der Waals surface area contributed by atoms with E-state index in [9.17, 15) is 19.2 Å². The van der Waals surface area contributed by atoms with E-state index in [4.69, 9.17) is 14.9 Å². The Balaban J connectivity index is 2.07. The van der Waals surface area contributed by atoms with E-state index in [0.29, 0.717) is 0 Å². The van der Waals surface area contributed by atoms with Gasteiger partial charge in [-0.25, -0.2) is 9.59 Å². The highest BCUT2D eigenvalue weighted by atomic mass is 16.5. The lowest BCUT2D eigenvalue weighted by atomic mass is 10.0. The number of methoxy groups -OCH3 is 1. The second kappa shape index (κ2) is 14.0. The number of diazo groups is 1. The first-order valence-corrected chi connectivity index (χ1v) is 10.6. The van der Waals surface area contributed by atoms with Crippen molar-refractivity contribution in [1.29, 1.82) is 5.39 Å². The first kappa shape index (κ1) is 26.0. The van der Waals surface area contributed by atoms with Crippen LogP contribution in [0.2, 0.25) is 0 Å². The van der Waals surface area contributed by atoms with Gasteiger partial charge in [0.25, 0.3) is 0 Å². The highest BCUT2D eigenvalue weighted by molar-refractivity contribution is 5.90. The van der Waals surface area contributed by atoms with Gasteiger partial charge in [-0.3, -0.25) is 9.59 Å². The molecule has 0 spiro atoms. The van der Waals surface area contributed by atoms with Crippen LogP contribution in [0.15, 0.2) is 60.7 Å². The second-order valence-corrected chi connectivity index (χ2v) is 7.41. The van der Waals surface area contributed by atoms with Crippen LogP contribution in [0.25, 0.3) is 4.98 Å². The Labute approximate surface area is 197 Å². The summed E-state index contributed by atoms with van der Waals surface area (Å²) in [4.78, 5) is 52.1. The van der Waals surface area contributed by atoms with Gasteiger partial charge in [-0.05, 0) is 17.5 Å². The lowest BCUT2D eigenvalue weighted by Crippen LogP contribution is -2.52. The maximum absolute atomic E-state index is 13.0. The van der Waals surface area contributed by atoms with E-state index < -0.39 is 42.4 Å². The maximum Gasteiger partial charge on any atom is 0.408 e. The number of alkyl carbamates (subject to hydrolysis) is 1. The summed E-state index contributed by atoms with van der Waals surface area (Å²) in [6.45, 7) is -0.437. The molecule has 1 unspecified atom stereocenters. The molecule has 0 saturated heterocycles. The van der Waals surface area contributed by atoms with Crippen LogP contribution < -0.4 is 10.6 Å². The van der Waals surface area contributed by atoms with Gasteiger partial charge in [0.2, 0.25) is 17.1 Å². The minimum absolute atomic E-state index is 0.0118. The standard InChI is InChI=1S/C24H26N4O6/c1-33-23(31)21(14-17-8-4-2-5-9-17)27-22(30)20(13-12-19(29)15-26-25)28-24(32)34-16-18-10-6-3-7-11-18/h2-11,20-21H,12-16H2,1H3,(H-,27,28,30,32)/p+1/t20-,21?/m0/s1. The Hall–Kier alpha value is -4.26. The topological polar surface area (TPSA) is 139 Å². The van der Waals surface area contributed by atoms with Crippen LogP contribution in [-0.4, -0.2) is 49.5 Å². The molecule has 34 heavy (non-hydrogen) atoms. The van der Waals surface area contributed by atoms with Crippen molar-refractivity contribution >= 4 is 23.8 Å². The zero-order valence-corrected chi connectivity index (χ0v) is 18.8. The van der Waals surface area contributed by atoms with Crippen molar-refractivity contribution < 1.29 is 28.7 Å². The maximum atomic E-state index is 13.0. The molecule has 0 aromatic heterocycles. The number of hydrogen-bond donors (Lipinski definition) is 2. The van der Waals surface area contributed by atoms with E-state index in [-0.39, 0.29) is 25.9 Å². The fraction of sp³-hybridized carbons (Fsp3) is 0.333. The number of carbonyl (C=O) groups excluding carboxylic acids is 4. The third-order valence-corrected chi connectivity index (χ3v) is 4.87. The van der Waals surface area contributed by atoms with Crippen LogP contribution in [-0.2, 0) is 36.9 Å². The Morgan fingerprint density at radius 2 is 1.53 bits per heavy atom. The molecule has 0 aliphatic rings. The molecule has 10 heteroatoms. The molecule has 0 aliphatic heterocycles. The summed E-state index contributed by atoms with van der Waals surface area (Å²) in [5.41, 5.74) is 1.55. The number of Topliss-reactive ketones (excluding diaryl/α,β-unsaturated/α-hetero) is 1. The number of esters is 1. The van der Waals surface area contributed by atoms with Crippen LogP contribution in [0, 0.1) is 5.39 Å². The number of ether oxygens (including phenoxy) is 2. The number of carbonyl (C=O) groups is 4. The third kappa shape index (κ3) is 9.08. The van der Waals surface area contributed by atoms with Crippen LogP contribution in [0.5, 0.6) is 0 Å². The summed E-state index contributed by atoms with van der Waals surface area (Å²) in [5, 5.41) is 13.6. The van der Waals surface area contributed by atoms with Gasteiger partial charge < -0.3 is 20.1 Å². The van der Waals surface area contributed by atoms with Crippen molar-refractivity contribution in [3.8, 4) is 0 Å². The Morgan fingerprint density at radius 1 is 0.912 bits per heavy atom. The van der Waals surface area contributed by atoms with Crippen molar-refractivity contribution in [2.24, 2.45) is 0 Å². The van der Waals surface area contributed by atoms with E-state index in [1.54, 1.807) is 48.5 Å². The molecule has 2 aromatic carbocycles. The third-order valence-electron chi connectivity index (χ3n) is 4.87. The molecule has 2 N–H and O–H groups in total. The summed E-state index contributed by atoms with van der Waals surface area (Å²) in [6.07, 6.45) is -0.907. The highest BCUT2D eigenvalue weighted by Gasteiger charge is 2.29. The van der Waals surface area contributed by atoms with Crippen molar-refractivity contribution in [3.63, 3.8) is 0 Å². The minimum atomic E-state index is -1.17. The van der Waals surface area contributed by atoms with Gasteiger partial charge in [0.05, 0.1) is 7.11 Å². The van der Waals surface area contributed by atoms with Gasteiger partial charge >= 0.3 is 18.6 Å². The Bertz CT molecular complexity index is 1010. The van der Waals surface area contributed by atoms with E-state index in [1.807, 2.05) is 12.1 Å². The van der Waals surface area contributed by atoms with E-state index in [1.165, 1.54) is 7.11 Å². The van der Waals surface area contributed by atoms with Crippen LogP contribution in [0.3, 0.4) is 0 Å². The molecular weight excluding hydrogens is 440 g/mol. The average molecular weight is 468 g/mol. The number of benzene rings is 2. The molecule has 10 nitrogen and oxygen atoms in total. The number of nitrogens with zero attached hydrogens (tertiary/aromatic N) is 2. The Morgan fingerprint density at radius 3 is 2.12 bits per heavy atom. The molecular formula is C24H27N4O6+. The molecule has 2 atom stereocenters. The minimum Gasteiger partial charge on any atom is -0.467 e. The van der Waals surface area contributed by atoms with Crippen molar-refractivity contribution in [1.82, 2.24) is 10.6 Å². The molecule has 0 heterocycles. The van der Waals surface area contributed by atoms with Gasteiger partial charge in [-0.2, -0.15) is 0 Å². The average Bonchev–Trinajstić information content (AvgIpc) is 2.85. The van der Waals surface area contributed by atoms with Crippen molar-refractivity contribution in [2.75, 3.05) is 13.7 Å². The largest absolute Gasteiger partial charge is 0.467 e. The fourth-order valence-electron chi connectivity index (χ4n) is 3.10. The molecule has 2 aromatic rings. The first-order valence-electron chi connectivity index (χ1n) is 10.6. The van der Waals surface area contributed by atoms with Gasteiger partial charge in [0.1, 0.15) is 23.7 Å². The lowest BCUT2D eigenvalue weighted by molar-refractivity contribution is -0.145. The summed E-state index contributed by atoms with van der Waals surface area (Å²) < 4.78 is 9.97. The van der Waals surface area contributed by atoms with Gasteiger partial charge in [-0.1, -0.05) is 60.7 Å². The molecule has 0 radical (unpaired) electrons. The Kier molecular flexibility index (Phi) is 10.7. The molecule has 2 amide bonds. The number of amides is 2. The predicted molar refractivity (Wildman–Crippen MR) is 122 cm³/mol. The summed E-state index contributed by atoms with van der Waals surface area (Å²) in [6, 6.07) is 15.8. The molecule has 178 valence electrons. The zero-order valence-electron chi connectivity index (χ0n) is 18.8. The SMILES string of the molecule is COC(=O)C(Cc1ccccc1)NC(=O)[C@H](CCC(=O)C[N+]#N)NC(=O)OCc1ccccc1. The summed E-state index contributed by atoms with van der Waals surface area (Å²) >= 11 is 0. The molecule has 0 bridgehead atoms.